The molecule has 2 aliphatic heterocycles. The summed E-state index contributed by atoms with van der Waals surface area (Å²) in [5.41, 5.74) is 8.82. The van der Waals surface area contributed by atoms with Gasteiger partial charge in [0.05, 0.1) is 43.7 Å². The van der Waals surface area contributed by atoms with E-state index in [-0.39, 0.29) is 13.2 Å². The molecule has 1 atom stereocenters. The fourth-order valence-electron chi connectivity index (χ4n) is 4.96. The molecule has 11 nitrogen and oxygen atoms in total. The second kappa shape index (κ2) is 11.9. The van der Waals surface area contributed by atoms with Crippen molar-refractivity contribution in [3.05, 3.63) is 60.4 Å². The van der Waals surface area contributed by atoms with Crippen LogP contribution in [0.5, 0.6) is 0 Å². The molecule has 0 aliphatic carbocycles. The van der Waals surface area contributed by atoms with Gasteiger partial charge in [-0.25, -0.2) is 9.67 Å². The SMILES string of the molecule is CCCCC(NC(=O)c1cccnc1-n1ccc(-c2ccc(N3CCOCC3)cc2)n1)C1(C(N)=O)OCCO1. The Morgan fingerprint density at radius 1 is 1.08 bits per heavy atom. The molecule has 0 bridgehead atoms. The zero-order chi connectivity index (χ0) is 27.2. The topological polar surface area (TPSA) is 134 Å². The molecule has 206 valence electrons. The third kappa shape index (κ3) is 5.65. The average molecular weight is 535 g/mol. The zero-order valence-electron chi connectivity index (χ0n) is 22.0. The van der Waals surface area contributed by atoms with Crippen LogP contribution in [0.4, 0.5) is 5.69 Å². The van der Waals surface area contributed by atoms with E-state index < -0.39 is 23.6 Å². The standard InChI is InChI=1S/C28H34N6O5/c1-2-3-6-24(28(27(29)36)38-18-19-39-28)31-26(35)22-5-4-12-30-25(22)34-13-11-23(32-34)20-7-9-21(10-8-20)33-14-16-37-17-15-33/h4-5,7-13,24H,2-3,6,14-19H2,1H3,(H2,29,36)(H,31,35). The number of primary amides is 1. The molecule has 5 rings (SSSR count). The van der Waals surface area contributed by atoms with Crippen LogP contribution in [0.15, 0.2) is 54.9 Å². The van der Waals surface area contributed by atoms with Crippen molar-refractivity contribution < 1.29 is 23.8 Å². The van der Waals surface area contributed by atoms with Gasteiger partial charge in [-0.2, -0.15) is 5.10 Å². The number of nitrogens with two attached hydrogens (primary N) is 1. The van der Waals surface area contributed by atoms with E-state index in [1.807, 2.05) is 25.1 Å². The Bertz CT molecular complexity index is 1280. The van der Waals surface area contributed by atoms with Crippen molar-refractivity contribution in [2.45, 2.75) is 38.0 Å². The molecule has 3 N–H and O–H groups in total. The van der Waals surface area contributed by atoms with E-state index in [1.54, 1.807) is 29.2 Å². The molecule has 39 heavy (non-hydrogen) atoms. The summed E-state index contributed by atoms with van der Waals surface area (Å²) in [5.74, 6) is -2.52. The molecule has 3 aromatic rings. The Hall–Kier alpha value is -3.80. The lowest BCUT2D eigenvalue weighted by Gasteiger charge is -2.33. The fourth-order valence-corrected chi connectivity index (χ4v) is 4.96. The van der Waals surface area contributed by atoms with E-state index >= 15 is 0 Å². The molecular weight excluding hydrogens is 500 g/mol. The number of rotatable bonds is 10. The molecule has 4 heterocycles. The van der Waals surface area contributed by atoms with Gasteiger partial charge in [-0.3, -0.25) is 9.59 Å². The van der Waals surface area contributed by atoms with Crippen molar-refractivity contribution >= 4 is 17.5 Å². The number of nitrogens with zero attached hydrogens (tertiary/aromatic N) is 4. The van der Waals surface area contributed by atoms with Gasteiger partial charge >= 0.3 is 0 Å². The number of hydrogen-bond donors (Lipinski definition) is 2. The maximum atomic E-state index is 13.5. The molecule has 0 radical (unpaired) electrons. The number of aromatic nitrogens is 3. The summed E-state index contributed by atoms with van der Waals surface area (Å²) < 4.78 is 18.3. The van der Waals surface area contributed by atoms with Crippen LogP contribution in [-0.4, -0.2) is 77.9 Å². The smallest absolute Gasteiger partial charge is 0.280 e. The number of amides is 2. The monoisotopic (exact) mass is 534 g/mol. The number of pyridine rings is 1. The van der Waals surface area contributed by atoms with Gasteiger partial charge in [0.1, 0.15) is 0 Å². The van der Waals surface area contributed by atoms with Crippen molar-refractivity contribution in [3.8, 4) is 17.1 Å². The lowest BCUT2D eigenvalue weighted by atomic mass is 9.99. The van der Waals surface area contributed by atoms with Crippen LogP contribution >= 0.6 is 0 Å². The third-order valence-electron chi connectivity index (χ3n) is 7.05. The van der Waals surface area contributed by atoms with Crippen molar-refractivity contribution in [3.63, 3.8) is 0 Å². The van der Waals surface area contributed by atoms with Gasteiger partial charge in [0.25, 0.3) is 17.6 Å². The zero-order valence-corrected chi connectivity index (χ0v) is 22.0. The number of carbonyl (C=O) groups excluding carboxylic acids is 2. The highest BCUT2D eigenvalue weighted by atomic mass is 16.7. The van der Waals surface area contributed by atoms with Crippen LogP contribution in [0.25, 0.3) is 17.1 Å². The van der Waals surface area contributed by atoms with E-state index in [2.05, 4.69) is 27.3 Å². The Labute approximate surface area is 227 Å². The van der Waals surface area contributed by atoms with Gasteiger partial charge in [0.2, 0.25) is 0 Å². The molecule has 1 unspecified atom stereocenters. The summed E-state index contributed by atoms with van der Waals surface area (Å²) in [6.07, 6.45) is 5.45. The summed E-state index contributed by atoms with van der Waals surface area (Å²) in [6, 6.07) is 12.7. The van der Waals surface area contributed by atoms with E-state index in [1.165, 1.54) is 0 Å². The van der Waals surface area contributed by atoms with Crippen LogP contribution in [-0.2, 0) is 19.0 Å². The predicted octanol–water partition coefficient (Wildman–Crippen LogP) is 2.29. The van der Waals surface area contributed by atoms with Crippen molar-refractivity contribution in [1.82, 2.24) is 20.1 Å². The number of anilines is 1. The van der Waals surface area contributed by atoms with E-state index in [9.17, 15) is 9.59 Å². The molecule has 2 saturated heterocycles. The molecule has 2 aliphatic rings. The lowest BCUT2D eigenvalue weighted by molar-refractivity contribution is -0.190. The Morgan fingerprint density at radius 3 is 2.51 bits per heavy atom. The first-order valence-corrected chi connectivity index (χ1v) is 13.3. The summed E-state index contributed by atoms with van der Waals surface area (Å²) in [6.45, 7) is 5.68. The third-order valence-corrected chi connectivity index (χ3v) is 7.05. The summed E-state index contributed by atoms with van der Waals surface area (Å²) >= 11 is 0. The van der Waals surface area contributed by atoms with Crippen molar-refractivity contribution in [2.75, 3.05) is 44.4 Å². The van der Waals surface area contributed by atoms with Crippen LogP contribution < -0.4 is 16.0 Å². The number of morpholine rings is 1. The number of ether oxygens (including phenoxy) is 3. The Balaban J connectivity index is 1.36. The molecule has 2 fully saturated rings. The van der Waals surface area contributed by atoms with Crippen LogP contribution in [0, 0.1) is 0 Å². The Kier molecular flexibility index (Phi) is 8.20. The summed E-state index contributed by atoms with van der Waals surface area (Å²) in [5, 5.41) is 7.63. The number of hydrogen-bond acceptors (Lipinski definition) is 8. The molecule has 0 saturated carbocycles. The van der Waals surface area contributed by atoms with Crippen molar-refractivity contribution in [1.29, 1.82) is 0 Å². The molecule has 1 aromatic carbocycles. The first kappa shape index (κ1) is 26.8. The van der Waals surface area contributed by atoms with Gasteiger partial charge in [0, 0.05) is 36.7 Å². The number of unbranched alkanes of at least 4 members (excludes halogenated alkanes) is 1. The maximum Gasteiger partial charge on any atom is 0.280 e. The largest absolute Gasteiger partial charge is 0.378 e. The highest BCUT2D eigenvalue weighted by Crippen LogP contribution is 2.28. The van der Waals surface area contributed by atoms with Gasteiger partial charge in [-0.15, -0.1) is 0 Å². The first-order valence-electron chi connectivity index (χ1n) is 13.3. The van der Waals surface area contributed by atoms with Crippen molar-refractivity contribution in [2.24, 2.45) is 5.73 Å². The van der Waals surface area contributed by atoms with E-state index in [4.69, 9.17) is 25.0 Å². The second-order valence-electron chi connectivity index (χ2n) is 9.56. The summed E-state index contributed by atoms with van der Waals surface area (Å²) in [4.78, 5) is 32.6. The van der Waals surface area contributed by atoms with E-state index in [0.29, 0.717) is 17.8 Å². The predicted molar refractivity (Wildman–Crippen MR) is 144 cm³/mol. The Morgan fingerprint density at radius 2 is 1.82 bits per heavy atom. The molecule has 2 amide bonds. The average Bonchev–Trinajstić information content (AvgIpc) is 3.67. The fraction of sp³-hybridized carbons (Fsp3) is 0.429. The first-order chi connectivity index (χ1) is 19.0. The normalized spacial score (nSPS) is 17.6. The highest BCUT2D eigenvalue weighted by Gasteiger charge is 2.50. The van der Waals surface area contributed by atoms with Gasteiger partial charge in [0.15, 0.2) is 5.82 Å². The lowest BCUT2D eigenvalue weighted by Crippen LogP contribution is -2.60. The van der Waals surface area contributed by atoms with Crippen LogP contribution in [0.2, 0.25) is 0 Å². The molecular formula is C28H34N6O5. The second-order valence-corrected chi connectivity index (χ2v) is 9.56. The minimum atomic E-state index is -1.69. The van der Waals surface area contributed by atoms with E-state index in [0.717, 1.165) is 56.1 Å². The van der Waals surface area contributed by atoms with Gasteiger partial charge in [-0.1, -0.05) is 31.9 Å². The minimum absolute atomic E-state index is 0.225. The molecule has 2 aromatic heterocycles. The number of nitrogens with one attached hydrogen (secondary N) is 1. The quantitative estimate of drug-likeness (QED) is 0.405. The minimum Gasteiger partial charge on any atom is -0.378 e. The number of benzene rings is 1. The number of carbonyl (C=O) groups is 2. The molecule has 0 spiro atoms. The van der Waals surface area contributed by atoms with Crippen LogP contribution in [0.1, 0.15) is 36.5 Å². The molecule has 11 heteroatoms. The maximum absolute atomic E-state index is 13.5. The van der Waals surface area contributed by atoms with Crippen LogP contribution in [0.3, 0.4) is 0 Å². The van der Waals surface area contributed by atoms with Gasteiger partial charge < -0.3 is 30.2 Å². The highest BCUT2D eigenvalue weighted by molar-refractivity contribution is 5.98. The van der Waals surface area contributed by atoms with Gasteiger partial charge in [-0.05, 0) is 36.8 Å². The summed E-state index contributed by atoms with van der Waals surface area (Å²) in [7, 11) is 0.